The standard InChI is InChI=1S/C24H32N2O4S/c1-31-14-13-21(26-23(28)19-11-4-5-12-20(19)24(26)29)22(27)25-16-7-6-10-18(15-16)30-17-8-2-3-9-17/h6-7,10,15,17,19-21H,2-5,8-9,11-14H2,1H3,(H,25,27)/t19-,20+,21-/m0/s1. The predicted molar refractivity (Wildman–Crippen MR) is 122 cm³/mol. The summed E-state index contributed by atoms with van der Waals surface area (Å²) in [5.74, 6) is 0.346. The molecule has 168 valence electrons. The Morgan fingerprint density at radius 1 is 1.10 bits per heavy atom. The molecule has 2 aliphatic carbocycles. The van der Waals surface area contributed by atoms with Gasteiger partial charge < -0.3 is 10.1 Å². The quantitative estimate of drug-likeness (QED) is 0.607. The van der Waals surface area contributed by atoms with Gasteiger partial charge >= 0.3 is 0 Å². The number of fused-ring (bicyclic) bond motifs is 1. The Balaban J connectivity index is 1.48. The highest BCUT2D eigenvalue weighted by Gasteiger charge is 2.51. The fourth-order valence-electron chi connectivity index (χ4n) is 5.17. The fourth-order valence-corrected chi connectivity index (χ4v) is 5.63. The number of rotatable bonds is 8. The minimum absolute atomic E-state index is 0.158. The maximum Gasteiger partial charge on any atom is 0.247 e. The van der Waals surface area contributed by atoms with E-state index in [0.717, 1.165) is 44.3 Å². The summed E-state index contributed by atoms with van der Waals surface area (Å²) < 4.78 is 6.05. The van der Waals surface area contributed by atoms with Crippen LogP contribution in [0.25, 0.3) is 0 Å². The molecule has 0 spiro atoms. The first kappa shape index (κ1) is 22.2. The number of hydrogen-bond acceptors (Lipinski definition) is 5. The molecule has 7 heteroatoms. The van der Waals surface area contributed by atoms with E-state index in [-0.39, 0.29) is 35.7 Å². The van der Waals surface area contributed by atoms with Gasteiger partial charge in [0.15, 0.2) is 0 Å². The van der Waals surface area contributed by atoms with E-state index in [1.165, 1.54) is 17.7 Å². The minimum Gasteiger partial charge on any atom is -0.490 e. The summed E-state index contributed by atoms with van der Waals surface area (Å²) in [4.78, 5) is 40.6. The summed E-state index contributed by atoms with van der Waals surface area (Å²) in [5.41, 5.74) is 0.631. The number of carbonyl (C=O) groups excluding carboxylic acids is 3. The number of anilines is 1. The highest BCUT2D eigenvalue weighted by Crippen LogP contribution is 2.39. The number of ether oxygens (including phenoxy) is 1. The van der Waals surface area contributed by atoms with E-state index in [4.69, 9.17) is 4.74 Å². The maximum atomic E-state index is 13.3. The van der Waals surface area contributed by atoms with Crippen molar-refractivity contribution in [2.75, 3.05) is 17.3 Å². The fraction of sp³-hybridized carbons (Fsp3) is 0.625. The normalized spacial score (nSPS) is 24.9. The summed E-state index contributed by atoms with van der Waals surface area (Å²) in [6.45, 7) is 0. The molecule has 1 saturated heterocycles. The predicted octanol–water partition coefficient (Wildman–Crippen LogP) is 4.24. The SMILES string of the molecule is CSCC[C@@H](C(=O)Nc1cccc(OC2CCCC2)c1)N1C(=O)[C@H]2CCCC[C@H]2C1=O. The molecule has 0 radical (unpaired) electrons. The van der Waals surface area contributed by atoms with Crippen molar-refractivity contribution in [1.29, 1.82) is 0 Å². The molecule has 4 rings (SSSR count). The monoisotopic (exact) mass is 444 g/mol. The molecule has 1 heterocycles. The highest BCUT2D eigenvalue weighted by atomic mass is 32.2. The average Bonchev–Trinajstić information content (AvgIpc) is 3.37. The molecule has 3 atom stereocenters. The van der Waals surface area contributed by atoms with Gasteiger partial charge in [0.05, 0.1) is 17.9 Å². The van der Waals surface area contributed by atoms with Gasteiger partial charge in [0.25, 0.3) is 0 Å². The molecule has 3 aliphatic rings. The largest absolute Gasteiger partial charge is 0.490 e. The Hall–Kier alpha value is -2.02. The second kappa shape index (κ2) is 10.1. The van der Waals surface area contributed by atoms with Crippen LogP contribution in [0.1, 0.15) is 57.8 Å². The number of hydrogen-bond donors (Lipinski definition) is 1. The van der Waals surface area contributed by atoms with Gasteiger partial charge in [0.2, 0.25) is 17.7 Å². The van der Waals surface area contributed by atoms with Gasteiger partial charge in [-0.25, -0.2) is 0 Å². The van der Waals surface area contributed by atoms with Crippen LogP contribution in [0, 0.1) is 11.8 Å². The van der Waals surface area contributed by atoms with Crippen molar-refractivity contribution in [2.24, 2.45) is 11.8 Å². The van der Waals surface area contributed by atoms with Crippen LogP contribution < -0.4 is 10.1 Å². The highest BCUT2D eigenvalue weighted by molar-refractivity contribution is 7.98. The Morgan fingerprint density at radius 2 is 1.74 bits per heavy atom. The average molecular weight is 445 g/mol. The minimum atomic E-state index is -0.766. The lowest BCUT2D eigenvalue weighted by Gasteiger charge is -2.26. The molecular weight excluding hydrogens is 412 g/mol. The van der Waals surface area contributed by atoms with Crippen molar-refractivity contribution < 1.29 is 19.1 Å². The summed E-state index contributed by atoms with van der Waals surface area (Å²) in [5, 5.41) is 2.94. The lowest BCUT2D eigenvalue weighted by Crippen LogP contribution is -2.48. The number of imide groups is 1. The Morgan fingerprint density at radius 3 is 2.39 bits per heavy atom. The zero-order chi connectivity index (χ0) is 21.8. The molecule has 31 heavy (non-hydrogen) atoms. The van der Waals surface area contributed by atoms with Crippen molar-refractivity contribution in [2.45, 2.75) is 69.9 Å². The Bertz CT molecular complexity index is 800. The lowest BCUT2D eigenvalue weighted by atomic mass is 9.81. The van der Waals surface area contributed by atoms with Crippen LogP contribution in [0.4, 0.5) is 5.69 Å². The van der Waals surface area contributed by atoms with Crippen molar-refractivity contribution in [3.05, 3.63) is 24.3 Å². The molecule has 1 aromatic rings. The number of thioether (sulfide) groups is 1. The molecule has 1 aromatic carbocycles. The van der Waals surface area contributed by atoms with Crippen molar-refractivity contribution >= 4 is 35.2 Å². The van der Waals surface area contributed by atoms with Crippen molar-refractivity contribution in [3.63, 3.8) is 0 Å². The zero-order valence-corrected chi connectivity index (χ0v) is 19.0. The lowest BCUT2D eigenvalue weighted by molar-refractivity contribution is -0.146. The van der Waals surface area contributed by atoms with Crippen molar-refractivity contribution in [1.82, 2.24) is 4.90 Å². The van der Waals surface area contributed by atoms with Crippen LogP contribution >= 0.6 is 11.8 Å². The molecule has 1 aliphatic heterocycles. The van der Waals surface area contributed by atoms with Gasteiger partial charge in [-0.2, -0.15) is 11.8 Å². The molecule has 0 unspecified atom stereocenters. The topological polar surface area (TPSA) is 75.7 Å². The summed E-state index contributed by atoms with van der Waals surface area (Å²) in [6.07, 6.45) is 10.6. The van der Waals surface area contributed by atoms with Crippen LogP contribution in [0.15, 0.2) is 24.3 Å². The molecule has 3 amide bonds. The smallest absolute Gasteiger partial charge is 0.247 e. The number of nitrogens with zero attached hydrogens (tertiary/aromatic N) is 1. The van der Waals surface area contributed by atoms with E-state index in [1.54, 1.807) is 11.8 Å². The molecule has 0 aromatic heterocycles. The second-order valence-electron chi connectivity index (χ2n) is 8.88. The maximum absolute atomic E-state index is 13.3. The molecule has 1 N–H and O–H groups in total. The Labute approximate surface area is 188 Å². The molecule has 2 saturated carbocycles. The second-order valence-corrected chi connectivity index (χ2v) is 9.87. The van der Waals surface area contributed by atoms with E-state index in [9.17, 15) is 14.4 Å². The van der Waals surface area contributed by atoms with Crippen LogP contribution in [-0.4, -0.2) is 46.8 Å². The van der Waals surface area contributed by atoms with E-state index in [0.29, 0.717) is 17.9 Å². The first-order valence-corrected chi connectivity index (χ1v) is 12.9. The molecule has 6 nitrogen and oxygen atoms in total. The van der Waals surface area contributed by atoms with Crippen LogP contribution in [0.2, 0.25) is 0 Å². The van der Waals surface area contributed by atoms with E-state index < -0.39 is 6.04 Å². The van der Waals surface area contributed by atoms with Gasteiger partial charge in [-0.3, -0.25) is 19.3 Å². The first-order chi connectivity index (χ1) is 15.1. The van der Waals surface area contributed by atoms with Gasteiger partial charge in [0.1, 0.15) is 11.8 Å². The third-order valence-electron chi connectivity index (χ3n) is 6.79. The number of nitrogens with one attached hydrogen (secondary N) is 1. The van der Waals surface area contributed by atoms with Gasteiger partial charge in [-0.05, 0) is 69.1 Å². The van der Waals surface area contributed by atoms with Gasteiger partial charge in [0, 0.05) is 11.8 Å². The van der Waals surface area contributed by atoms with Crippen LogP contribution in [0.5, 0.6) is 5.75 Å². The molecule has 3 fully saturated rings. The summed E-state index contributed by atoms with van der Waals surface area (Å²) in [7, 11) is 0. The zero-order valence-electron chi connectivity index (χ0n) is 18.2. The van der Waals surface area contributed by atoms with Crippen LogP contribution in [-0.2, 0) is 14.4 Å². The Kier molecular flexibility index (Phi) is 7.20. The van der Waals surface area contributed by atoms with Crippen LogP contribution in [0.3, 0.4) is 0 Å². The summed E-state index contributed by atoms with van der Waals surface area (Å²) >= 11 is 1.61. The first-order valence-electron chi connectivity index (χ1n) is 11.5. The third kappa shape index (κ3) is 4.92. The summed E-state index contributed by atoms with van der Waals surface area (Å²) in [6, 6.07) is 6.64. The number of benzene rings is 1. The number of likely N-dealkylation sites (tertiary alicyclic amines) is 1. The van der Waals surface area contributed by atoms with E-state index in [2.05, 4.69) is 5.32 Å². The van der Waals surface area contributed by atoms with E-state index in [1.807, 2.05) is 30.5 Å². The molecular formula is C24H32N2O4S. The van der Waals surface area contributed by atoms with Gasteiger partial charge in [-0.15, -0.1) is 0 Å². The van der Waals surface area contributed by atoms with Crippen molar-refractivity contribution in [3.8, 4) is 5.75 Å². The number of amides is 3. The van der Waals surface area contributed by atoms with Gasteiger partial charge in [-0.1, -0.05) is 18.9 Å². The third-order valence-corrected chi connectivity index (χ3v) is 7.44. The number of carbonyl (C=O) groups is 3. The molecule has 0 bridgehead atoms. The van der Waals surface area contributed by atoms with E-state index >= 15 is 0 Å².